The second-order valence-corrected chi connectivity index (χ2v) is 13.4. The second-order valence-electron chi connectivity index (χ2n) is 12.5. The van der Waals surface area contributed by atoms with Crippen molar-refractivity contribution in [1.29, 1.82) is 0 Å². The summed E-state index contributed by atoms with van der Waals surface area (Å²) in [6, 6.07) is 17.6. The summed E-state index contributed by atoms with van der Waals surface area (Å²) in [4.78, 5) is 50.2. The van der Waals surface area contributed by atoms with Crippen LogP contribution in [0.15, 0.2) is 66.7 Å². The van der Waals surface area contributed by atoms with E-state index in [0.717, 1.165) is 24.0 Å². The van der Waals surface area contributed by atoms with E-state index in [4.69, 9.17) is 27.9 Å². The van der Waals surface area contributed by atoms with Crippen molar-refractivity contribution in [2.24, 2.45) is 0 Å². The Morgan fingerprint density at radius 3 is 2.14 bits per heavy atom. The summed E-state index contributed by atoms with van der Waals surface area (Å²) in [6.45, 7) is 3.47. The van der Waals surface area contributed by atoms with Crippen LogP contribution in [0.5, 0.6) is 6.01 Å². The van der Waals surface area contributed by atoms with E-state index in [-0.39, 0.29) is 24.0 Å². The molecule has 0 radical (unpaired) electrons. The lowest BCUT2D eigenvalue weighted by Gasteiger charge is -2.26. The number of aromatic nitrogens is 3. The number of hydrogen-bond donors (Lipinski definition) is 5. The number of anilines is 4. The number of carbonyl (C=O) groups excluding carboxylic acids is 3. The summed E-state index contributed by atoms with van der Waals surface area (Å²) < 4.78 is 43.6. The number of ether oxygens (including phenoxy) is 1. The number of alkyl halides is 3. The van der Waals surface area contributed by atoms with Crippen LogP contribution in [-0.2, 0) is 15.1 Å². The van der Waals surface area contributed by atoms with Gasteiger partial charge in [0.1, 0.15) is 0 Å². The van der Waals surface area contributed by atoms with E-state index in [1.165, 1.54) is 18.2 Å². The molecule has 0 spiro atoms. The van der Waals surface area contributed by atoms with Crippen LogP contribution in [-0.4, -0.2) is 57.5 Å². The van der Waals surface area contributed by atoms with Gasteiger partial charge in [0, 0.05) is 33.5 Å². The Morgan fingerprint density at radius 2 is 1.51 bits per heavy atom. The number of halogens is 5. The molecule has 1 saturated carbocycles. The van der Waals surface area contributed by atoms with Gasteiger partial charge in [-0.3, -0.25) is 14.4 Å². The number of carbonyl (C=O) groups is 3. The van der Waals surface area contributed by atoms with Crippen LogP contribution in [0.1, 0.15) is 48.2 Å². The van der Waals surface area contributed by atoms with E-state index in [2.05, 4.69) is 41.5 Å². The number of hydrogen-bond acceptors (Lipinski definition) is 9. The van der Waals surface area contributed by atoms with Crippen molar-refractivity contribution in [3.8, 4) is 6.01 Å². The molecule has 0 aliphatic heterocycles. The molecular formula is C34H33Cl2F3N8O4. The zero-order chi connectivity index (χ0) is 37.0. The molecule has 0 saturated heterocycles. The Hall–Kier alpha value is -5.15. The topological polar surface area (TPSA) is 159 Å². The Balaban J connectivity index is 1.20. The predicted octanol–water partition coefficient (Wildman–Crippen LogP) is 6.54. The molecule has 0 atom stereocenters. The second kappa shape index (κ2) is 15.0. The van der Waals surface area contributed by atoms with Gasteiger partial charge in [-0.25, -0.2) is 0 Å². The molecule has 1 heterocycles. The van der Waals surface area contributed by atoms with Gasteiger partial charge in [-0.1, -0.05) is 41.4 Å². The lowest BCUT2D eigenvalue weighted by Crippen LogP contribution is -2.54. The number of aryl methyl sites for hydroxylation is 1. The average molecular weight is 746 g/mol. The highest BCUT2D eigenvalue weighted by Crippen LogP contribution is 2.48. The van der Waals surface area contributed by atoms with Crippen molar-refractivity contribution in [2.75, 3.05) is 29.1 Å². The van der Waals surface area contributed by atoms with Crippen molar-refractivity contribution < 1.29 is 32.3 Å². The van der Waals surface area contributed by atoms with Gasteiger partial charge in [0.05, 0.1) is 11.1 Å². The van der Waals surface area contributed by atoms with Gasteiger partial charge in [-0.05, 0) is 93.3 Å². The first-order chi connectivity index (χ1) is 24.0. The quantitative estimate of drug-likeness (QED) is 0.102. The molecule has 3 amide bonds. The van der Waals surface area contributed by atoms with E-state index in [9.17, 15) is 27.6 Å². The minimum absolute atomic E-state index is 0.000133. The molecule has 1 aliphatic rings. The van der Waals surface area contributed by atoms with Crippen LogP contribution in [0.3, 0.4) is 0 Å². The van der Waals surface area contributed by atoms with E-state index in [1.54, 1.807) is 57.2 Å². The maximum absolute atomic E-state index is 12.9. The molecule has 5 rings (SSSR count). The minimum atomic E-state index is -4.61. The smallest absolute Gasteiger partial charge is 0.422 e. The highest BCUT2D eigenvalue weighted by molar-refractivity contribution is 6.40. The maximum Gasteiger partial charge on any atom is 0.422 e. The molecule has 0 unspecified atom stereocenters. The van der Waals surface area contributed by atoms with Crippen LogP contribution < -0.4 is 31.3 Å². The zero-order valence-corrected chi connectivity index (χ0v) is 29.1. The first kappa shape index (κ1) is 37.1. The van der Waals surface area contributed by atoms with Crippen LogP contribution in [0, 0.1) is 6.92 Å². The van der Waals surface area contributed by atoms with Gasteiger partial charge in [0.2, 0.25) is 11.9 Å². The predicted molar refractivity (Wildman–Crippen MR) is 186 cm³/mol. The monoisotopic (exact) mass is 744 g/mol. The van der Waals surface area contributed by atoms with E-state index in [1.807, 2.05) is 12.1 Å². The van der Waals surface area contributed by atoms with Gasteiger partial charge < -0.3 is 31.3 Å². The summed E-state index contributed by atoms with van der Waals surface area (Å²) in [5.41, 5.74) is 1.24. The summed E-state index contributed by atoms with van der Waals surface area (Å²) in [7, 11) is 0. The molecule has 12 nitrogen and oxygen atoms in total. The van der Waals surface area contributed by atoms with E-state index >= 15 is 0 Å². The average Bonchev–Trinajstić information content (AvgIpc) is 3.84. The molecule has 0 bridgehead atoms. The van der Waals surface area contributed by atoms with Crippen LogP contribution in [0.25, 0.3) is 0 Å². The Morgan fingerprint density at radius 1 is 0.863 bits per heavy atom. The molecule has 1 aromatic heterocycles. The maximum atomic E-state index is 12.9. The molecule has 51 heavy (non-hydrogen) atoms. The number of amides is 3. The number of nitrogens with zero attached hydrogens (tertiary/aromatic N) is 3. The number of nitrogens with one attached hydrogen (secondary N) is 5. The first-order valence-electron chi connectivity index (χ1n) is 15.5. The molecular weight excluding hydrogens is 712 g/mol. The molecule has 5 N–H and O–H groups in total. The molecule has 3 aromatic carbocycles. The zero-order valence-electron chi connectivity index (χ0n) is 27.5. The Labute approximate surface area is 300 Å². The Bertz CT molecular complexity index is 1920. The van der Waals surface area contributed by atoms with E-state index in [0.29, 0.717) is 21.4 Å². The van der Waals surface area contributed by atoms with Crippen molar-refractivity contribution in [3.63, 3.8) is 0 Å². The van der Waals surface area contributed by atoms with Gasteiger partial charge in [0.15, 0.2) is 6.61 Å². The third kappa shape index (κ3) is 10.4. The van der Waals surface area contributed by atoms with E-state index < -0.39 is 47.6 Å². The molecule has 4 aromatic rings. The summed E-state index contributed by atoms with van der Waals surface area (Å²) in [5.74, 6) is -2.36. The van der Waals surface area contributed by atoms with Crippen LogP contribution >= 0.6 is 23.2 Å². The third-order valence-electron chi connectivity index (χ3n) is 7.66. The summed E-state index contributed by atoms with van der Waals surface area (Å²) >= 11 is 12.1. The SMILES string of the molecule is Cc1ccc(NC(=O)C(=O)NC(C)(C)CNC(=O)c2ccc(Nc3nc(NC4(c5ccc(Cl)cc5)CC4)nc(OCC(F)(F)F)n3)cc2)cc1Cl. The fourth-order valence-electron chi connectivity index (χ4n) is 4.78. The molecule has 17 heteroatoms. The van der Waals surface area contributed by atoms with Gasteiger partial charge in [-0.15, -0.1) is 0 Å². The lowest BCUT2D eigenvalue weighted by atomic mass is 10.1. The summed E-state index contributed by atoms with van der Waals surface area (Å²) in [6.07, 6.45) is -3.15. The van der Waals surface area contributed by atoms with Crippen LogP contribution in [0.2, 0.25) is 10.0 Å². The normalized spacial score (nSPS) is 13.5. The standard InChI is InChI=1S/C34H33Cl2F3N8O4/c1-19-4-11-24(16-25(19)36)41-27(49)28(50)46-32(2,3)17-40-26(48)20-5-12-23(13-6-20)42-29-43-30(45-31(44-29)51-18-34(37,38)39)47-33(14-15-33)21-7-9-22(35)10-8-21/h4-13,16H,14-15,17-18H2,1-3H3,(H,40,48)(H,41,49)(H,46,50)(H2,42,43,44,45,47). The Kier molecular flexibility index (Phi) is 10.9. The van der Waals surface area contributed by atoms with Gasteiger partial charge in [-0.2, -0.15) is 28.1 Å². The largest absolute Gasteiger partial charge is 0.454 e. The lowest BCUT2D eigenvalue weighted by molar-refractivity contribution is -0.154. The van der Waals surface area contributed by atoms with Crippen LogP contribution in [0.4, 0.5) is 36.4 Å². The molecule has 1 fully saturated rings. The van der Waals surface area contributed by atoms with Crippen molar-refractivity contribution >= 4 is 64.2 Å². The highest BCUT2D eigenvalue weighted by Gasteiger charge is 2.45. The highest BCUT2D eigenvalue weighted by atomic mass is 35.5. The van der Waals surface area contributed by atoms with Gasteiger partial charge >= 0.3 is 24.0 Å². The third-order valence-corrected chi connectivity index (χ3v) is 8.32. The summed E-state index contributed by atoms with van der Waals surface area (Å²) in [5, 5.41) is 14.9. The van der Waals surface area contributed by atoms with Crippen molar-refractivity contribution in [1.82, 2.24) is 25.6 Å². The number of benzene rings is 3. The first-order valence-corrected chi connectivity index (χ1v) is 16.3. The number of rotatable bonds is 12. The fourth-order valence-corrected chi connectivity index (χ4v) is 5.08. The molecule has 268 valence electrons. The van der Waals surface area contributed by atoms with Crippen molar-refractivity contribution in [3.05, 3.63) is 93.5 Å². The molecule has 1 aliphatic carbocycles. The minimum Gasteiger partial charge on any atom is -0.454 e. The van der Waals surface area contributed by atoms with Gasteiger partial charge in [0.25, 0.3) is 5.91 Å². The van der Waals surface area contributed by atoms with Crippen molar-refractivity contribution in [2.45, 2.75) is 50.9 Å². The fraction of sp³-hybridized carbons (Fsp3) is 0.294.